The number of nitrogen functional groups attached to an aromatic ring is 1. The molecule has 0 aromatic heterocycles. The Morgan fingerprint density at radius 3 is 2.37 bits per heavy atom. The molecule has 106 valence electrons. The molecule has 0 aliphatic carbocycles. The summed E-state index contributed by atoms with van der Waals surface area (Å²) in [7, 11) is -3.83. The van der Waals surface area contributed by atoms with Gasteiger partial charge >= 0.3 is 0 Å². The van der Waals surface area contributed by atoms with Crippen molar-refractivity contribution in [3.63, 3.8) is 0 Å². The molecule has 1 aromatic carbocycles. The Morgan fingerprint density at radius 2 is 1.95 bits per heavy atom. The van der Waals surface area contributed by atoms with Crippen LogP contribution in [0.2, 0.25) is 0 Å². The first-order valence-electron chi connectivity index (χ1n) is 5.52. The molecule has 8 heteroatoms. The Hall–Kier alpha value is -1.12. The van der Waals surface area contributed by atoms with Crippen molar-refractivity contribution in [3.8, 4) is 0 Å². The van der Waals surface area contributed by atoms with Crippen LogP contribution in [0.5, 0.6) is 0 Å². The lowest BCUT2D eigenvalue weighted by Crippen LogP contribution is -2.47. The first-order valence-corrected chi connectivity index (χ1v) is 7.79. The number of rotatable bonds is 5. The fourth-order valence-corrected chi connectivity index (χ4v) is 3.34. The highest BCUT2D eigenvalue weighted by Gasteiger charge is 2.26. The van der Waals surface area contributed by atoms with Crippen molar-refractivity contribution in [2.75, 3.05) is 5.73 Å². The standard InChI is InChI=1S/C11H16BrN3O3S/c1-6(2)10(11(14)16)15-19(17,18)7-3-4-9(13)8(12)5-7/h3-6,10,15H,13H2,1-2H3,(H2,14,16). The molecular weight excluding hydrogens is 334 g/mol. The van der Waals surface area contributed by atoms with E-state index >= 15 is 0 Å². The van der Waals surface area contributed by atoms with Crippen molar-refractivity contribution in [2.45, 2.75) is 24.8 Å². The topological polar surface area (TPSA) is 115 Å². The Balaban J connectivity index is 3.10. The molecular formula is C11H16BrN3O3S. The molecule has 5 N–H and O–H groups in total. The molecule has 0 saturated carbocycles. The van der Waals surface area contributed by atoms with Gasteiger partial charge in [0.15, 0.2) is 0 Å². The third-order valence-corrected chi connectivity index (χ3v) is 4.66. The third kappa shape index (κ3) is 3.92. The maximum Gasteiger partial charge on any atom is 0.241 e. The summed E-state index contributed by atoms with van der Waals surface area (Å²) in [5, 5.41) is 0. The normalized spacial score (nSPS) is 13.5. The van der Waals surface area contributed by atoms with E-state index in [4.69, 9.17) is 11.5 Å². The monoisotopic (exact) mass is 349 g/mol. The van der Waals surface area contributed by atoms with Gasteiger partial charge in [-0.1, -0.05) is 13.8 Å². The molecule has 1 rings (SSSR count). The number of hydrogen-bond donors (Lipinski definition) is 3. The quantitative estimate of drug-likeness (QED) is 0.682. The number of sulfonamides is 1. The fourth-order valence-electron chi connectivity index (χ4n) is 1.43. The SMILES string of the molecule is CC(C)C(NS(=O)(=O)c1ccc(N)c(Br)c1)C(N)=O. The maximum atomic E-state index is 12.1. The second-order valence-corrected chi connectivity index (χ2v) is 7.00. The summed E-state index contributed by atoms with van der Waals surface area (Å²) in [4.78, 5) is 11.3. The van der Waals surface area contributed by atoms with Gasteiger partial charge in [-0.3, -0.25) is 4.79 Å². The molecule has 0 spiro atoms. The lowest BCUT2D eigenvalue weighted by atomic mass is 10.1. The van der Waals surface area contributed by atoms with Gasteiger partial charge in [-0.05, 0) is 40.0 Å². The van der Waals surface area contributed by atoms with E-state index in [1.165, 1.54) is 18.2 Å². The van der Waals surface area contributed by atoms with Crippen LogP contribution in [-0.2, 0) is 14.8 Å². The molecule has 6 nitrogen and oxygen atoms in total. The molecule has 1 unspecified atom stereocenters. The molecule has 0 saturated heterocycles. The molecule has 1 atom stereocenters. The number of nitrogens with one attached hydrogen (secondary N) is 1. The van der Waals surface area contributed by atoms with Crippen LogP contribution in [0.25, 0.3) is 0 Å². The molecule has 0 heterocycles. The van der Waals surface area contributed by atoms with E-state index in [9.17, 15) is 13.2 Å². The van der Waals surface area contributed by atoms with Gasteiger partial charge in [0.25, 0.3) is 0 Å². The van der Waals surface area contributed by atoms with E-state index in [0.29, 0.717) is 10.2 Å². The Labute approximate surface area is 120 Å². The van der Waals surface area contributed by atoms with Crippen LogP contribution in [0.3, 0.4) is 0 Å². The Kier molecular flexibility index (Phi) is 4.94. The molecule has 19 heavy (non-hydrogen) atoms. The summed E-state index contributed by atoms with van der Waals surface area (Å²) in [6.45, 7) is 3.41. The van der Waals surface area contributed by atoms with Crippen LogP contribution in [0, 0.1) is 5.92 Å². The average molecular weight is 350 g/mol. The van der Waals surface area contributed by atoms with Crippen LogP contribution in [0.4, 0.5) is 5.69 Å². The van der Waals surface area contributed by atoms with Gasteiger partial charge in [-0.15, -0.1) is 0 Å². The Bertz CT molecular complexity index is 587. The number of hydrogen-bond acceptors (Lipinski definition) is 4. The second kappa shape index (κ2) is 5.89. The minimum Gasteiger partial charge on any atom is -0.398 e. The molecule has 0 fully saturated rings. The van der Waals surface area contributed by atoms with Crippen molar-refractivity contribution in [1.82, 2.24) is 4.72 Å². The van der Waals surface area contributed by atoms with Gasteiger partial charge in [0.1, 0.15) is 6.04 Å². The van der Waals surface area contributed by atoms with Crippen molar-refractivity contribution >= 4 is 37.5 Å². The summed E-state index contributed by atoms with van der Waals surface area (Å²) in [5.41, 5.74) is 11.2. The molecule has 0 bridgehead atoms. The van der Waals surface area contributed by atoms with Crippen LogP contribution >= 0.6 is 15.9 Å². The number of amides is 1. The predicted octanol–water partition coefficient (Wildman–Crippen LogP) is 0.820. The largest absolute Gasteiger partial charge is 0.398 e. The lowest BCUT2D eigenvalue weighted by Gasteiger charge is -2.19. The highest BCUT2D eigenvalue weighted by molar-refractivity contribution is 9.10. The molecule has 0 aliphatic rings. The van der Waals surface area contributed by atoms with Gasteiger partial charge in [0.2, 0.25) is 15.9 Å². The number of carbonyl (C=O) groups excluding carboxylic acids is 1. The van der Waals surface area contributed by atoms with Gasteiger partial charge in [-0.25, -0.2) is 8.42 Å². The van der Waals surface area contributed by atoms with Crippen LogP contribution in [0.1, 0.15) is 13.8 Å². The second-order valence-electron chi connectivity index (χ2n) is 4.43. The summed E-state index contributed by atoms with van der Waals surface area (Å²) < 4.78 is 27.0. The van der Waals surface area contributed by atoms with Crippen LogP contribution < -0.4 is 16.2 Å². The first kappa shape index (κ1) is 15.9. The highest BCUT2D eigenvalue weighted by atomic mass is 79.9. The van der Waals surface area contributed by atoms with E-state index in [-0.39, 0.29) is 10.8 Å². The Morgan fingerprint density at radius 1 is 1.37 bits per heavy atom. The number of nitrogens with two attached hydrogens (primary N) is 2. The van der Waals surface area contributed by atoms with E-state index in [0.717, 1.165) is 0 Å². The fraction of sp³-hybridized carbons (Fsp3) is 0.364. The molecule has 1 aromatic rings. The van der Waals surface area contributed by atoms with E-state index in [2.05, 4.69) is 20.7 Å². The number of halogens is 1. The number of benzene rings is 1. The van der Waals surface area contributed by atoms with Crippen molar-refractivity contribution in [3.05, 3.63) is 22.7 Å². The number of anilines is 1. The summed E-state index contributed by atoms with van der Waals surface area (Å²) in [6.07, 6.45) is 0. The predicted molar refractivity (Wildman–Crippen MR) is 76.7 cm³/mol. The zero-order valence-corrected chi connectivity index (χ0v) is 13.0. The maximum absolute atomic E-state index is 12.1. The summed E-state index contributed by atoms with van der Waals surface area (Å²) in [5.74, 6) is -0.961. The minimum absolute atomic E-state index is 0.0143. The number of carbonyl (C=O) groups is 1. The minimum atomic E-state index is -3.83. The molecule has 0 radical (unpaired) electrons. The smallest absolute Gasteiger partial charge is 0.241 e. The van der Waals surface area contributed by atoms with Gasteiger partial charge in [-0.2, -0.15) is 4.72 Å². The van der Waals surface area contributed by atoms with Crippen LogP contribution in [-0.4, -0.2) is 20.4 Å². The lowest BCUT2D eigenvalue weighted by molar-refractivity contribution is -0.120. The summed E-state index contributed by atoms with van der Waals surface area (Å²) in [6, 6.07) is 3.24. The van der Waals surface area contributed by atoms with Crippen LogP contribution in [0.15, 0.2) is 27.6 Å². The first-order chi connectivity index (χ1) is 8.65. The van der Waals surface area contributed by atoms with E-state index in [1.807, 2.05) is 0 Å². The zero-order chi connectivity index (χ0) is 14.8. The van der Waals surface area contributed by atoms with Crippen molar-refractivity contribution < 1.29 is 13.2 Å². The molecule has 0 aliphatic heterocycles. The zero-order valence-electron chi connectivity index (χ0n) is 10.6. The highest BCUT2D eigenvalue weighted by Crippen LogP contribution is 2.23. The third-order valence-electron chi connectivity index (χ3n) is 2.54. The van der Waals surface area contributed by atoms with Gasteiger partial charge < -0.3 is 11.5 Å². The van der Waals surface area contributed by atoms with E-state index < -0.39 is 22.0 Å². The van der Waals surface area contributed by atoms with Crippen molar-refractivity contribution in [2.24, 2.45) is 11.7 Å². The number of primary amides is 1. The van der Waals surface area contributed by atoms with Gasteiger partial charge in [0, 0.05) is 10.2 Å². The van der Waals surface area contributed by atoms with Crippen molar-refractivity contribution in [1.29, 1.82) is 0 Å². The van der Waals surface area contributed by atoms with Gasteiger partial charge in [0.05, 0.1) is 4.90 Å². The molecule has 1 amide bonds. The summed E-state index contributed by atoms with van der Waals surface area (Å²) >= 11 is 3.15. The average Bonchev–Trinajstić information content (AvgIpc) is 2.28. The van der Waals surface area contributed by atoms with E-state index in [1.54, 1.807) is 13.8 Å².